The highest BCUT2D eigenvalue weighted by molar-refractivity contribution is 7.09. The number of nitrogen functional groups attached to an aromatic ring is 1. The molecule has 0 unspecified atom stereocenters. The second-order valence-electron chi connectivity index (χ2n) is 4.09. The third-order valence-electron chi connectivity index (χ3n) is 2.65. The van der Waals surface area contributed by atoms with Crippen LogP contribution in [0.15, 0.2) is 29.6 Å². The standard InChI is InChI=1S/C13H12Cl2N2OS/c1-17(7-9-3-2-4-19-9)13(18)8-5-10(14)12(16)11(15)6-8/h2-6H,7,16H2,1H3. The SMILES string of the molecule is CN(Cc1cccs1)C(=O)c1cc(Cl)c(N)c(Cl)c1. The average Bonchev–Trinajstić information content (AvgIpc) is 2.87. The second-order valence-corrected chi connectivity index (χ2v) is 5.94. The van der Waals surface area contributed by atoms with Crippen LogP contribution in [0.5, 0.6) is 0 Å². The predicted octanol–water partition coefficient (Wildman–Crippen LogP) is 3.91. The number of carbonyl (C=O) groups is 1. The van der Waals surface area contributed by atoms with Crippen LogP contribution in [0.1, 0.15) is 15.2 Å². The molecular formula is C13H12Cl2N2OS. The number of hydrogen-bond donors (Lipinski definition) is 1. The van der Waals surface area contributed by atoms with Gasteiger partial charge in [-0.15, -0.1) is 11.3 Å². The van der Waals surface area contributed by atoms with Gasteiger partial charge in [-0.05, 0) is 23.6 Å². The predicted molar refractivity (Wildman–Crippen MR) is 81.0 cm³/mol. The first-order valence-corrected chi connectivity index (χ1v) is 7.15. The quantitative estimate of drug-likeness (QED) is 0.873. The molecule has 0 spiro atoms. The molecule has 2 rings (SSSR count). The molecule has 0 saturated carbocycles. The molecular weight excluding hydrogens is 303 g/mol. The summed E-state index contributed by atoms with van der Waals surface area (Å²) in [5.41, 5.74) is 6.38. The topological polar surface area (TPSA) is 46.3 Å². The van der Waals surface area contributed by atoms with Crippen LogP contribution < -0.4 is 5.73 Å². The number of nitrogens with two attached hydrogens (primary N) is 1. The highest BCUT2D eigenvalue weighted by Crippen LogP contribution is 2.29. The Morgan fingerprint density at radius 2 is 2.00 bits per heavy atom. The first-order chi connectivity index (χ1) is 8.99. The van der Waals surface area contributed by atoms with Gasteiger partial charge in [0.25, 0.3) is 5.91 Å². The molecule has 3 nitrogen and oxygen atoms in total. The van der Waals surface area contributed by atoms with E-state index in [-0.39, 0.29) is 5.91 Å². The molecule has 100 valence electrons. The van der Waals surface area contributed by atoms with E-state index in [1.165, 1.54) is 12.1 Å². The van der Waals surface area contributed by atoms with E-state index in [4.69, 9.17) is 28.9 Å². The van der Waals surface area contributed by atoms with Crippen LogP contribution in [0, 0.1) is 0 Å². The van der Waals surface area contributed by atoms with E-state index in [1.54, 1.807) is 23.3 Å². The van der Waals surface area contributed by atoms with Gasteiger partial charge in [0.05, 0.1) is 22.3 Å². The Hall–Kier alpha value is -1.23. The zero-order valence-electron chi connectivity index (χ0n) is 10.2. The Morgan fingerprint density at radius 1 is 1.37 bits per heavy atom. The summed E-state index contributed by atoms with van der Waals surface area (Å²) in [6.07, 6.45) is 0. The van der Waals surface area contributed by atoms with Gasteiger partial charge in [0.1, 0.15) is 0 Å². The van der Waals surface area contributed by atoms with Crippen molar-refractivity contribution in [1.82, 2.24) is 4.90 Å². The molecule has 2 N–H and O–H groups in total. The number of hydrogen-bond acceptors (Lipinski definition) is 3. The van der Waals surface area contributed by atoms with Crippen molar-refractivity contribution in [1.29, 1.82) is 0 Å². The minimum Gasteiger partial charge on any atom is -0.396 e. The Morgan fingerprint density at radius 3 is 2.53 bits per heavy atom. The van der Waals surface area contributed by atoms with Crippen molar-refractivity contribution in [2.45, 2.75) is 6.54 Å². The molecule has 19 heavy (non-hydrogen) atoms. The molecule has 0 saturated heterocycles. The molecule has 0 fully saturated rings. The maximum atomic E-state index is 12.3. The fraction of sp³-hybridized carbons (Fsp3) is 0.154. The van der Waals surface area contributed by atoms with Crippen molar-refractivity contribution in [3.8, 4) is 0 Å². The number of anilines is 1. The fourth-order valence-electron chi connectivity index (χ4n) is 1.64. The number of benzene rings is 1. The number of thiophene rings is 1. The molecule has 0 aliphatic heterocycles. The van der Waals surface area contributed by atoms with Crippen molar-refractivity contribution >= 4 is 46.1 Å². The van der Waals surface area contributed by atoms with Gasteiger partial charge in [0.15, 0.2) is 0 Å². The third kappa shape index (κ3) is 3.21. The Bertz CT molecular complexity index is 576. The number of amides is 1. The molecule has 0 aliphatic carbocycles. The van der Waals surface area contributed by atoms with Gasteiger partial charge in [0, 0.05) is 17.5 Å². The minimum absolute atomic E-state index is 0.141. The highest BCUT2D eigenvalue weighted by atomic mass is 35.5. The first-order valence-electron chi connectivity index (χ1n) is 5.51. The van der Waals surface area contributed by atoms with E-state index < -0.39 is 0 Å². The van der Waals surface area contributed by atoms with Crippen LogP contribution >= 0.6 is 34.5 Å². The van der Waals surface area contributed by atoms with Gasteiger partial charge in [0.2, 0.25) is 0 Å². The summed E-state index contributed by atoms with van der Waals surface area (Å²) in [5, 5.41) is 2.56. The highest BCUT2D eigenvalue weighted by Gasteiger charge is 2.15. The van der Waals surface area contributed by atoms with E-state index in [2.05, 4.69) is 0 Å². The van der Waals surface area contributed by atoms with Crippen LogP contribution in [-0.4, -0.2) is 17.9 Å². The Kier molecular flexibility index (Phi) is 4.34. The summed E-state index contributed by atoms with van der Waals surface area (Å²) in [6, 6.07) is 7.01. The summed E-state index contributed by atoms with van der Waals surface area (Å²) in [6.45, 7) is 0.552. The molecule has 1 heterocycles. The summed E-state index contributed by atoms with van der Waals surface area (Å²) < 4.78 is 0. The zero-order chi connectivity index (χ0) is 14.0. The summed E-state index contributed by atoms with van der Waals surface area (Å²) in [7, 11) is 1.74. The van der Waals surface area contributed by atoms with E-state index in [9.17, 15) is 4.79 Å². The normalized spacial score (nSPS) is 10.5. The molecule has 1 aromatic carbocycles. The molecule has 2 aromatic rings. The van der Waals surface area contributed by atoms with Gasteiger partial charge in [-0.1, -0.05) is 29.3 Å². The van der Waals surface area contributed by atoms with Crippen LogP contribution in [-0.2, 0) is 6.54 Å². The lowest BCUT2D eigenvalue weighted by atomic mass is 10.2. The molecule has 0 bridgehead atoms. The van der Waals surface area contributed by atoms with Gasteiger partial charge in [-0.3, -0.25) is 4.79 Å². The summed E-state index contributed by atoms with van der Waals surface area (Å²) in [4.78, 5) is 15.0. The van der Waals surface area contributed by atoms with Crippen LogP contribution in [0.2, 0.25) is 10.0 Å². The smallest absolute Gasteiger partial charge is 0.254 e. The Balaban J connectivity index is 2.19. The van der Waals surface area contributed by atoms with Crippen molar-refractivity contribution in [2.75, 3.05) is 12.8 Å². The van der Waals surface area contributed by atoms with Crippen molar-refractivity contribution in [3.05, 3.63) is 50.1 Å². The lowest BCUT2D eigenvalue weighted by molar-refractivity contribution is 0.0786. The Labute approximate surface area is 125 Å². The monoisotopic (exact) mass is 314 g/mol. The first kappa shape index (κ1) is 14.2. The summed E-state index contributed by atoms with van der Waals surface area (Å²) in [5.74, 6) is -0.141. The van der Waals surface area contributed by atoms with Crippen LogP contribution in [0.4, 0.5) is 5.69 Å². The molecule has 1 aromatic heterocycles. The number of halogens is 2. The fourth-order valence-corrected chi connectivity index (χ4v) is 2.88. The van der Waals surface area contributed by atoms with Gasteiger partial charge < -0.3 is 10.6 Å². The lowest BCUT2D eigenvalue weighted by Crippen LogP contribution is -2.25. The second kappa shape index (κ2) is 5.82. The van der Waals surface area contributed by atoms with Crippen LogP contribution in [0.3, 0.4) is 0 Å². The van der Waals surface area contributed by atoms with Gasteiger partial charge in [-0.25, -0.2) is 0 Å². The van der Waals surface area contributed by atoms with E-state index in [0.29, 0.717) is 27.8 Å². The number of rotatable bonds is 3. The molecule has 0 atom stereocenters. The zero-order valence-corrected chi connectivity index (χ0v) is 12.5. The van der Waals surface area contributed by atoms with Gasteiger partial charge in [-0.2, -0.15) is 0 Å². The molecule has 6 heteroatoms. The van der Waals surface area contributed by atoms with Crippen molar-refractivity contribution in [2.24, 2.45) is 0 Å². The number of nitrogens with zero attached hydrogens (tertiary/aromatic N) is 1. The van der Waals surface area contributed by atoms with Crippen molar-refractivity contribution < 1.29 is 4.79 Å². The number of carbonyl (C=O) groups excluding carboxylic acids is 1. The van der Waals surface area contributed by atoms with Gasteiger partial charge >= 0.3 is 0 Å². The molecule has 1 amide bonds. The van der Waals surface area contributed by atoms with E-state index in [0.717, 1.165) is 4.88 Å². The van der Waals surface area contributed by atoms with E-state index in [1.807, 2.05) is 17.5 Å². The average molecular weight is 315 g/mol. The van der Waals surface area contributed by atoms with Crippen molar-refractivity contribution in [3.63, 3.8) is 0 Å². The maximum absolute atomic E-state index is 12.3. The lowest BCUT2D eigenvalue weighted by Gasteiger charge is -2.17. The minimum atomic E-state index is -0.141. The third-order valence-corrected chi connectivity index (χ3v) is 4.13. The summed E-state index contributed by atoms with van der Waals surface area (Å²) >= 11 is 13.5. The maximum Gasteiger partial charge on any atom is 0.254 e. The largest absolute Gasteiger partial charge is 0.396 e. The van der Waals surface area contributed by atoms with Crippen LogP contribution in [0.25, 0.3) is 0 Å². The molecule has 0 aliphatic rings. The molecule has 0 radical (unpaired) electrons. The van der Waals surface area contributed by atoms with E-state index >= 15 is 0 Å².